The topological polar surface area (TPSA) is 77.2 Å². The van der Waals surface area contributed by atoms with Crippen LogP contribution in [0.5, 0.6) is 5.75 Å². The summed E-state index contributed by atoms with van der Waals surface area (Å²) in [5.74, 6) is 0.850. The minimum atomic E-state index is -0.113. The SMILES string of the molecule is Cc1nc(COc2ccc(Cl)cc2)sc1C(=O)NCC(C)CN.Cl.Cl. The number of hydrogen-bond donors (Lipinski definition) is 2. The third-order valence-corrected chi connectivity index (χ3v) is 4.62. The summed E-state index contributed by atoms with van der Waals surface area (Å²) in [6.45, 7) is 5.24. The lowest BCUT2D eigenvalue weighted by Gasteiger charge is -2.09. The minimum absolute atomic E-state index is 0. The number of aromatic nitrogens is 1. The van der Waals surface area contributed by atoms with Gasteiger partial charge in [-0.25, -0.2) is 4.98 Å². The molecule has 1 aromatic carbocycles. The maximum atomic E-state index is 12.2. The first-order valence-corrected chi connectivity index (χ1v) is 8.52. The fraction of sp³-hybridized carbons (Fsp3) is 0.375. The Labute approximate surface area is 169 Å². The van der Waals surface area contributed by atoms with E-state index in [1.165, 1.54) is 11.3 Å². The summed E-state index contributed by atoms with van der Waals surface area (Å²) in [7, 11) is 0. The van der Waals surface area contributed by atoms with Gasteiger partial charge >= 0.3 is 0 Å². The monoisotopic (exact) mass is 425 g/mol. The van der Waals surface area contributed by atoms with E-state index in [0.717, 1.165) is 5.01 Å². The van der Waals surface area contributed by atoms with Gasteiger partial charge in [-0.3, -0.25) is 4.79 Å². The van der Waals surface area contributed by atoms with Crippen LogP contribution in [0.25, 0.3) is 0 Å². The van der Waals surface area contributed by atoms with Gasteiger partial charge in [-0.05, 0) is 43.7 Å². The number of benzene rings is 1. The van der Waals surface area contributed by atoms with Crippen molar-refractivity contribution in [3.05, 3.63) is 44.9 Å². The van der Waals surface area contributed by atoms with Gasteiger partial charge in [0, 0.05) is 11.6 Å². The Balaban J connectivity index is 0.00000288. The van der Waals surface area contributed by atoms with Crippen LogP contribution >= 0.6 is 47.8 Å². The van der Waals surface area contributed by atoms with Crippen LogP contribution in [0, 0.1) is 12.8 Å². The van der Waals surface area contributed by atoms with Gasteiger partial charge < -0.3 is 15.8 Å². The first-order chi connectivity index (χ1) is 11.0. The molecule has 5 nitrogen and oxygen atoms in total. The molecule has 3 N–H and O–H groups in total. The van der Waals surface area contributed by atoms with Crippen molar-refractivity contribution in [2.24, 2.45) is 11.7 Å². The summed E-state index contributed by atoms with van der Waals surface area (Å²) in [4.78, 5) is 17.2. The molecule has 0 radical (unpaired) electrons. The molecular formula is C16H22Cl3N3O2S. The number of halogens is 3. The molecule has 0 aliphatic carbocycles. The van der Waals surface area contributed by atoms with Gasteiger partial charge in [-0.1, -0.05) is 18.5 Å². The molecular weight excluding hydrogens is 405 g/mol. The molecule has 0 bridgehead atoms. The fourth-order valence-electron chi connectivity index (χ4n) is 1.83. The summed E-state index contributed by atoms with van der Waals surface area (Å²) < 4.78 is 5.65. The highest BCUT2D eigenvalue weighted by atomic mass is 35.5. The van der Waals surface area contributed by atoms with E-state index in [1.807, 2.05) is 13.8 Å². The number of amides is 1. The fourth-order valence-corrected chi connectivity index (χ4v) is 2.85. The van der Waals surface area contributed by atoms with E-state index in [9.17, 15) is 4.79 Å². The molecule has 1 amide bonds. The molecule has 0 saturated carbocycles. The number of carbonyl (C=O) groups is 1. The average molecular weight is 427 g/mol. The lowest BCUT2D eigenvalue weighted by atomic mass is 10.2. The van der Waals surface area contributed by atoms with Crippen molar-refractivity contribution in [3.8, 4) is 5.75 Å². The molecule has 1 atom stereocenters. The molecule has 0 fully saturated rings. The first kappa shape index (κ1) is 23.9. The molecule has 2 rings (SSSR count). The van der Waals surface area contributed by atoms with Gasteiger partial charge in [-0.15, -0.1) is 36.2 Å². The minimum Gasteiger partial charge on any atom is -0.486 e. The third kappa shape index (κ3) is 7.38. The molecule has 0 saturated heterocycles. The molecule has 9 heteroatoms. The highest BCUT2D eigenvalue weighted by Crippen LogP contribution is 2.21. The largest absolute Gasteiger partial charge is 0.486 e. The molecule has 0 spiro atoms. The predicted octanol–water partition coefficient (Wildman–Crippen LogP) is 3.85. The second-order valence-electron chi connectivity index (χ2n) is 5.32. The number of aryl methyl sites for hydroxylation is 1. The zero-order valence-electron chi connectivity index (χ0n) is 14.0. The number of hydrogen-bond acceptors (Lipinski definition) is 5. The third-order valence-electron chi connectivity index (χ3n) is 3.24. The quantitative estimate of drug-likeness (QED) is 0.705. The van der Waals surface area contributed by atoms with E-state index in [-0.39, 0.29) is 36.6 Å². The van der Waals surface area contributed by atoms with Crippen molar-refractivity contribution in [2.45, 2.75) is 20.5 Å². The van der Waals surface area contributed by atoms with Crippen molar-refractivity contribution in [2.75, 3.05) is 13.1 Å². The summed E-state index contributed by atoms with van der Waals surface area (Å²) in [5.41, 5.74) is 6.26. The van der Waals surface area contributed by atoms with Crippen molar-refractivity contribution in [3.63, 3.8) is 0 Å². The van der Waals surface area contributed by atoms with Crippen LogP contribution in [0.3, 0.4) is 0 Å². The van der Waals surface area contributed by atoms with E-state index in [1.54, 1.807) is 24.3 Å². The maximum absolute atomic E-state index is 12.2. The number of thiazole rings is 1. The van der Waals surface area contributed by atoms with Crippen LogP contribution in [0.1, 0.15) is 27.3 Å². The summed E-state index contributed by atoms with van der Waals surface area (Å²) in [6, 6.07) is 7.12. The van der Waals surface area contributed by atoms with Gasteiger partial charge in [0.15, 0.2) is 0 Å². The highest BCUT2D eigenvalue weighted by Gasteiger charge is 2.16. The van der Waals surface area contributed by atoms with Gasteiger partial charge in [-0.2, -0.15) is 0 Å². The molecule has 1 unspecified atom stereocenters. The van der Waals surface area contributed by atoms with Gasteiger partial charge in [0.2, 0.25) is 0 Å². The number of nitrogens with zero attached hydrogens (tertiary/aromatic N) is 1. The van der Waals surface area contributed by atoms with Crippen molar-refractivity contribution >= 4 is 53.7 Å². The number of carbonyl (C=O) groups excluding carboxylic acids is 1. The van der Waals surface area contributed by atoms with E-state index in [0.29, 0.717) is 41.0 Å². The van der Waals surface area contributed by atoms with E-state index in [4.69, 9.17) is 22.1 Å². The normalized spacial score (nSPS) is 11.0. The Morgan fingerprint density at radius 2 is 2.00 bits per heavy atom. The highest BCUT2D eigenvalue weighted by molar-refractivity contribution is 7.13. The second-order valence-corrected chi connectivity index (χ2v) is 6.84. The molecule has 1 aromatic heterocycles. The Hall–Kier alpha value is -1.05. The number of ether oxygens (including phenoxy) is 1. The van der Waals surface area contributed by atoms with Gasteiger partial charge in [0.1, 0.15) is 22.2 Å². The molecule has 25 heavy (non-hydrogen) atoms. The lowest BCUT2D eigenvalue weighted by molar-refractivity contribution is 0.0952. The lowest BCUT2D eigenvalue weighted by Crippen LogP contribution is -2.31. The van der Waals surface area contributed by atoms with Crippen LogP contribution in [-0.2, 0) is 6.61 Å². The zero-order valence-corrected chi connectivity index (χ0v) is 17.2. The Bertz CT molecular complexity index is 665. The molecule has 2 aromatic rings. The number of nitrogens with two attached hydrogens (primary N) is 1. The van der Waals surface area contributed by atoms with Crippen LogP contribution in [0.4, 0.5) is 0 Å². The first-order valence-electron chi connectivity index (χ1n) is 7.32. The number of rotatable bonds is 7. The summed E-state index contributed by atoms with van der Waals surface area (Å²) in [5, 5.41) is 4.30. The van der Waals surface area contributed by atoms with Crippen LogP contribution in [0.2, 0.25) is 5.02 Å². The summed E-state index contributed by atoms with van der Waals surface area (Å²) in [6.07, 6.45) is 0. The van der Waals surface area contributed by atoms with Crippen LogP contribution < -0.4 is 15.8 Å². The average Bonchev–Trinajstić information content (AvgIpc) is 2.92. The Morgan fingerprint density at radius 3 is 2.60 bits per heavy atom. The molecule has 0 aliphatic rings. The van der Waals surface area contributed by atoms with Crippen LogP contribution in [-0.4, -0.2) is 24.0 Å². The second kappa shape index (κ2) is 11.5. The summed E-state index contributed by atoms with van der Waals surface area (Å²) >= 11 is 7.18. The molecule has 140 valence electrons. The Kier molecular flexibility index (Phi) is 11.1. The van der Waals surface area contributed by atoms with E-state index in [2.05, 4.69) is 10.3 Å². The van der Waals surface area contributed by atoms with Crippen LogP contribution in [0.15, 0.2) is 24.3 Å². The number of nitrogens with one attached hydrogen (secondary N) is 1. The van der Waals surface area contributed by atoms with Crippen molar-refractivity contribution in [1.29, 1.82) is 0 Å². The van der Waals surface area contributed by atoms with Crippen molar-refractivity contribution in [1.82, 2.24) is 10.3 Å². The standard InChI is InChI=1S/C16H20ClN3O2S.2ClH/c1-10(7-18)8-19-16(21)15-11(2)20-14(23-15)9-22-13-5-3-12(17)4-6-13;;/h3-6,10H,7-9,18H2,1-2H3,(H,19,21);2*1H. The zero-order chi connectivity index (χ0) is 16.8. The van der Waals surface area contributed by atoms with Gasteiger partial charge in [0.05, 0.1) is 5.69 Å². The van der Waals surface area contributed by atoms with Crippen molar-refractivity contribution < 1.29 is 9.53 Å². The van der Waals surface area contributed by atoms with E-state index < -0.39 is 0 Å². The molecule has 1 heterocycles. The maximum Gasteiger partial charge on any atom is 0.263 e. The predicted molar refractivity (Wildman–Crippen MR) is 108 cm³/mol. The smallest absolute Gasteiger partial charge is 0.263 e. The van der Waals surface area contributed by atoms with E-state index >= 15 is 0 Å². The van der Waals surface area contributed by atoms with Gasteiger partial charge in [0.25, 0.3) is 5.91 Å². The molecule has 0 aliphatic heterocycles. The Morgan fingerprint density at radius 1 is 1.36 bits per heavy atom.